The van der Waals surface area contributed by atoms with Gasteiger partial charge in [-0.3, -0.25) is 4.90 Å². The number of hydrogen-bond donors (Lipinski definition) is 1. The first-order valence-electron chi connectivity index (χ1n) is 10.8. The number of hydrogen-bond acceptors (Lipinski definition) is 3. The predicted octanol–water partition coefficient (Wildman–Crippen LogP) is 6.27. The molecule has 4 heteroatoms. The molecule has 0 amide bonds. The van der Waals surface area contributed by atoms with Crippen molar-refractivity contribution in [2.75, 3.05) is 4.90 Å². The van der Waals surface area contributed by atoms with Gasteiger partial charge >= 0.3 is 0 Å². The largest absolute Gasteiger partial charge is 0.403 e. The van der Waals surface area contributed by atoms with Crippen LogP contribution in [-0.2, 0) is 6.54 Å². The molecule has 31 heavy (non-hydrogen) atoms. The molecule has 4 nitrogen and oxygen atoms in total. The summed E-state index contributed by atoms with van der Waals surface area (Å²) in [5.41, 5.74) is 15.1. The fraction of sp³-hybridized carbons (Fsp3) is 0.296. The molecule has 3 aromatic rings. The fourth-order valence-electron chi connectivity index (χ4n) is 4.58. The minimum absolute atomic E-state index is 0.118. The number of aryl methyl sites for hydroxylation is 3. The summed E-state index contributed by atoms with van der Waals surface area (Å²) in [5, 5.41) is 0. The maximum atomic E-state index is 6.28. The molecule has 0 spiro atoms. The second-order valence-electron chi connectivity index (χ2n) is 9.62. The van der Waals surface area contributed by atoms with E-state index in [1.54, 1.807) is 6.20 Å². The van der Waals surface area contributed by atoms with E-state index in [1.165, 1.54) is 16.7 Å². The Hall–Kier alpha value is -3.27. The van der Waals surface area contributed by atoms with Gasteiger partial charge in [-0.2, -0.15) is 0 Å². The van der Waals surface area contributed by atoms with E-state index >= 15 is 0 Å². The molecule has 0 atom stereocenters. The van der Waals surface area contributed by atoms with Gasteiger partial charge in [-0.25, -0.2) is 4.98 Å². The number of aromatic nitrogens is 2. The molecule has 0 saturated heterocycles. The molecular weight excluding hydrogens is 380 g/mol. The first kappa shape index (κ1) is 21.0. The van der Waals surface area contributed by atoms with Gasteiger partial charge in [-0.05, 0) is 37.3 Å². The smallest absolute Gasteiger partial charge is 0.164 e. The minimum atomic E-state index is 0.118. The maximum absolute atomic E-state index is 6.28. The molecule has 1 aromatic heterocycles. The van der Waals surface area contributed by atoms with E-state index in [-0.39, 0.29) is 5.41 Å². The van der Waals surface area contributed by atoms with E-state index in [2.05, 4.69) is 100 Å². The van der Waals surface area contributed by atoms with Gasteiger partial charge in [0.05, 0.1) is 11.4 Å². The van der Waals surface area contributed by atoms with Crippen LogP contribution in [0.2, 0.25) is 0 Å². The molecule has 4 rings (SSSR count). The Balaban J connectivity index is 2.01. The SMILES string of the molecule is C=C1c2ccccc2-c2c(nc(C)n2CC(C)(C)C)N1/C(=C\N)c1c(C)cccc1C. The summed E-state index contributed by atoms with van der Waals surface area (Å²) >= 11 is 0. The number of nitrogens with two attached hydrogens (primary N) is 1. The van der Waals surface area contributed by atoms with Crippen LogP contribution in [0.25, 0.3) is 22.7 Å². The molecule has 2 aromatic carbocycles. The lowest BCUT2D eigenvalue weighted by Crippen LogP contribution is -2.26. The van der Waals surface area contributed by atoms with Gasteiger partial charge < -0.3 is 10.3 Å². The number of imidazole rings is 1. The number of nitrogens with zero attached hydrogens (tertiary/aromatic N) is 3. The van der Waals surface area contributed by atoms with Crippen molar-refractivity contribution in [3.05, 3.63) is 83.3 Å². The van der Waals surface area contributed by atoms with Gasteiger partial charge in [-0.15, -0.1) is 0 Å². The van der Waals surface area contributed by atoms with Crippen molar-refractivity contribution < 1.29 is 0 Å². The average molecular weight is 413 g/mol. The Morgan fingerprint density at radius 1 is 1.00 bits per heavy atom. The molecule has 0 bridgehead atoms. The first-order chi connectivity index (χ1) is 14.6. The highest BCUT2D eigenvalue weighted by Crippen LogP contribution is 2.48. The van der Waals surface area contributed by atoms with Crippen molar-refractivity contribution in [2.45, 2.75) is 48.1 Å². The van der Waals surface area contributed by atoms with Crippen molar-refractivity contribution in [1.82, 2.24) is 9.55 Å². The van der Waals surface area contributed by atoms with Crippen LogP contribution in [0, 0.1) is 26.2 Å². The van der Waals surface area contributed by atoms with Crippen LogP contribution in [0.1, 0.15) is 48.8 Å². The normalized spacial score (nSPS) is 13.9. The highest BCUT2D eigenvalue weighted by Gasteiger charge is 2.34. The minimum Gasteiger partial charge on any atom is -0.403 e. The van der Waals surface area contributed by atoms with Crippen LogP contribution in [0.15, 0.2) is 55.2 Å². The summed E-state index contributed by atoms with van der Waals surface area (Å²) in [6.45, 7) is 18.5. The van der Waals surface area contributed by atoms with Gasteiger partial charge in [-0.1, -0.05) is 69.8 Å². The van der Waals surface area contributed by atoms with Crippen LogP contribution >= 0.6 is 0 Å². The molecule has 0 radical (unpaired) electrons. The summed E-state index contributed by atoms with van der Waals surface area (Å²) in [7, 11) is 0. The van der Waals surface area contributed by atoms with Gasteiger partial charge in [0.15, 0.2) is 5.82 Å². The van der Waals surface area contributed by atoms with Crippen molar-refractivity contribution in [2.24, 2.45) is 11.1 Å². The maximum Gasteiger partial charge on any atom is 0.164 e. The summed E-state index contributed by atoms with van der Waals surface area (Å²) < 4.78 is 2.34. The predicted molar refractivity (Wildman–Crippen MR) is 131 cm³/mol. The molecule has 1 aliphatic rings. The molecule has 0 aliphatic carbocycles. The topological polar surface area (TPSA) is 47.1 Å². The average Bonchev–Trinajstić information content (AvgIpc) is 3.01. The Bertz CT molecular complexity index is 1180. The van der Waals surface area contributed by atoms with E-state index in [0.717, 1.165) is 46.4 Å². The molecule has 2 N–H and O–H groups in total. The van der Waals surface area contributed by atoms with Gasteiger partial charge in [0.25, 0.3) is 0 Å². The van der Waals surface area contributed by atoms with Crippen LogP contribution in [0.3, 0.4) is 0 Å². The van der Waals surface area contributed by atoms with E-state index in [4.69, 9.17) is 10.7 Å². The molecule has 2 heterocycles. The monoisotopic (exact) mass is 412 g/mol. The molecule has 0 saturated carbocycles. The van der Waals surface area contributed by atoms with Crippen LogP contribution in [0.5, 0.6) is 0 Å². The molecule has 160 valence electrons. The van der Waals surface area contributed by atoms with Crippen molar-refractivity contribution >= 4 is 17.2 Å². The highest BCUT2D eigenvalue weighted by atomic mass is 15.3. The second-order valence-corrected chi connectivity index (χ2v) is 9.62. The first-order valence-corrected chi connectivity index (χ1v) is 10.8. The number of benzene rings is 2. The van der Waals surface area contributed by atoms with Gasteiger partial charge in [0.1, 0.15) is 5.82 Å². The van der Waals surface area contributed by atoms with E-state index < -0.39 is 0 Å². The van der Waals surface area contributed by atoms with Crippen molar-refractivity contribution in [3.63, 3.8) is 0 Å². The third-order valence-electron chi connectivity index (χ3n) is 5.88. The lowest BCUT2D eigenvalue weighted by molar-refractivity contribution is 0.342. The van der Waals surface area contributed by atoms with Crippen LogP contribution in [-0.4, -0.2) is 9.55 Å². The van der Waals surface area contributed by atoms with E-state index in [1.807, 2.05) is 0 Å². The van der Waals surface area contributed by atoms with Gasteiger partial charge in [0.2, 0.25) is 0 Å². The Kier molecular flexibility index (Phi) is 5.04. The lowest BCUT2D eigenvalue weighted by Gasteiger charge is -2.35. The molecule has 0 unspecified atom stereocenters. The summed E-state index contributed by atoms with van der Waals surface area (Å²) in [5.74, 6) is 1.89. The molecule has 0 fully saturated rings. The van der Waals surface area contributed by atoms with Crippen molar-refractivity contribution in [3.8, 4) is 11.3 Å². The fourth-order valence-corrected chi connectivity index (χ4v) is 4.58. The number of rotatable bonds is 3. The number of fused-ring (bicyclic) bond motifs is 3. The Morgan fingerprint density at radius 2 is 1.61 bits per heavy atom. The zero-order valence-electron chi connectivity index (χ0n) is 19.5. The summed E-state index contributed by atoms with van der Waals surface area (Å²) in [6.07, 6.45) is 1.69. The third-order valence-corrected chi connectivity index (χ3v) is 5.88. The van der Waals surface area contributed by atoms with E-state index in [9.17, 15) is 0 Å². The summed E-state index contributed by atoms with van der Waals surface area (Å²) in [6, 6.07) is 14.8. The van der Waals surface area contributed by atoms with Crippen LogP contribution in [0.4, 0.5) is 5.82 Å². The zero-order valence-corrected chi connectivity index (χ0v) is 19.5. The van der Waals surface area contributed by atoms with Gasteiger partial charge in [0, 0.05) is 35.1 Å². The standard InChI is InChI=1S/C27H32N4/c1-17-11-10-12-18(2)24(17)23(15-28)31-19(3)21-13-8-9-14-22(21)25-26(31)29-20(4)30(25)16-27(5,6)7/h8-15H,3,16,28H2,1-2,4-7H3/b23-15-. The molecule has 1 aliphatic heterocycles. The zero-order chi connectivity index (χ0) is 22.5. The van der Waals surface area contributed by atoms with Crippen LogP contribution < -0.4 is 10.6 Å². The second kappa shape index (κ2) is 7.45. The van der Waals surface area contributed by atoms with Crippen molar-refractivity contribution in [1.29, 1.82) is 0 Å². The highest BCUT2D eigenvalue weighted by molar-refractivity contribution is 6.04. The Morgan fingerprint density at radius 3 is 2.19 bits per heavy atom. The summed E-state index contributed by atoms with van der Waals surface area (Å²) in [4.78, 5) is 7.19. The number of anilines is 1. The third kappa shape index (κ3) is 3.46. The van der Waals surface area contributed by atoms with E-state index in [0.29, 0.717) is 0 Å². The quantitative estimate of drug-likeness (QED) is 0.551. The Labute approximate surface area is 185 Å². The molecular formula is C27H32N4. The lowest BCUT2D eigenvalue weighted by atomic mass is 9.92.